The van der Waals surface area contributed by atoms with Crippen LogP contribution in [-0.2, 0) is 0 Å². The van der Waals surface area contributed by atoms with E-state index in [2.05, 4.69) is 42.2 Å². The minimum absolute atomic E-state index is 0.250. The van der Waals surface area contributed by atoms with Gasteiger partial charge in [0.15, 0.2) is 5.82 Å². The van der Waals surface area contributed by atoms with E-state index in [0.29, 0.717) is 5.92 Å². The predicted molar refractivity (Wildman–Crippen MR) is 72.9 cm³/mol. The fraction of sp³-hybridized carbons (Fsp3) is 0.429. The van der Waals surface area contributed by atoms with Crippen LogP contribution in [0.1, 0.15) is 44.0 Å². The lowest BCUT2D eigenvalue weighted by atomic mass is 10.1. The summed E-state index contributed by atoms with van der Waals surface area (Å²) in [5, 5.41) is 7.82. The first-order chi connectivity index (χ1) is 8.63. The zero-order valence-electron chi connectivity index (χ0n) is 11.4. The summed E-state index contributed by atoms with van der Waals surface area (Å²) in [7, 11) is 1.95. The second-order valence-corrected chi connectivity index (χ2v) is 4.77. The van der Waals surface area contributed by atoms with Gasteiger partial charge >= 0.3 is 0 Å². The maximum absolute atomic E-state index is 4.58. The maximum Gasteiger partial charge on any atom is 0.158 e. The Balaban J connectivity index is 2.43. The summed E-state index contributed by atoms with van der Waals surface area (Å²) in [4.78, 5) is 4.45. The number of hydrogen-bond acceptors (Lipinski definition) is 3. The van der Waals surface area contributed by atoms with Crippen LogP contribution in [0.2, 0.25) is 0 Å². The van der Waals surface area contributed by atoms with E-state index in [1.54, 1.807) is 6.20 Å². The predicted octanol–water partition coefficient (Wildman–Crippen LogP) is 2.67. The molecule has 2 heterocycles. The van der Waals surface area contributed by atoms with Gasteiger partial charge in [0.25, 0.3) is 0 Å². The van der Waals surface area contributed by atoms with E-state index in [1.165, 1.54) is 0 Å². The van der Waals surface area contributed by atoms with E-state index in [1.807, 2.05) is 30.1 Å². The highest BCUT2D eigenvalue weighted by atomic mass is 15.3. The zero-order chi connectivity index (χ0) is 13.1. The molecular formula is C14H20N4. The summed E-state index contributed by atoms with van der Waals surface area (Å²) >= 11 is 0. The molecule has 2 aromatic rings. The Bertz CT molecular complexity index is 516. The third-order valence-corrected chi connectivity index (χ3v) is 3.13. The van der Waals surface area contributed by atoms with Crippen molar-refractivity contribution < 1.29 is 0 Å². The molecule has 0 saturated heterocycles. The monoisotopic (exact) mass is 244 g/mol. The van der Waals surface area contributed by atoms with Crippen molar-refractivity contribution in [1.29, 1.82) is 0 Å². The SMILES string of the molecule is CNC(C)c1cccnc1-n1ccc(C(C)C)n1. The Labute approximate surface area is 108 Å². The third kappa shape index (κ3) is 2.43. The minimum atomic E-state index is 0.250. The van der Waals surface area contributed by atoms with Crippen molar-refractivity contribution in [2.75, 3.05) is 7.05 Å². The van der Waals surface area contributed by atoms with Gasteiger partial charge < -0.3 is 5.32 Å². The number of nitrogens with zero attached hydrogens (tertiary/aromatic N) is 3. The topological polar surface area (TPSA) is 42.7 Å². The molecule has 1 N–H and O–H groups in total. The number of pyridine rings is 1. The van der Waals surface area contributed by atoms with Crippen LogP contribution >= 0.6 is 0 Å². The highest BCUT2D eigenvalue weighted by molar-refractivity contribution is 5.35. The van der Waals surface area contributed by atoms with Crippen molar-refractivity contribution in [1.82, 2.24) is 20.1 Å². The molecule has 0 fully saturated rings. The summed E-state index contributed by atoms with van der Waals surface area (Å²) in [6.07, 6.45) is 3.78. The Kier molecular flexibility index (Phi) is 3.77. The van der Waals surface area contributed by atoms with Gasteiger partial charge in [-0.3, -0.25) is 0 Å². The van der Waals surface area contributed by atoms with Gasteiger partial charge in [-0.2, -0.15) is 5.10 Å². The van der Waals surface area contributed by atoms with Crippen LogP contribution in [-0.4, -0.2) is 21.8 Å². The van der Waals surface area contributed by atoms with Gasteiger partial charge in [-0.05, 0) is 32.0 Å². The molecule has 4 nitrogen and oxygen atoms in total. The molecule has 0 aliphatic carbocycles. The van der Waals surface area contributed by atoms with Gasteiger partial charge in [-0.15, -0.1) is 0 Å². The van der Waals surface area contributed by atoms with E-state index in [0.717, 1.165) is 17.1 Å². The minimum Gasteiger partial charge on any atom is -0.313 e. The Morgan fingerprint density at radius 1 is 1.22 bits per heavy atom. The molecule has 1 atom stereocenters. The molecule has 1 unspecified atom stereocenters. The summed E-state index contributed by atoms with van der Waals surface area (Å²) < 4.78 is 1.86. The molecule has 96 valence electrons. The number of rotatable bonds is 4. The van der Waals surface area contributed by atoms with E-state index < -0.39 is 0 Å². The first kappa shape index (κ1) is 12.8. The van der Waals surface area contributed by atoms with Crippen molar-refractivity contribution in [3.05, 3.63) is 41.9 Å². The zero-order valence-corrected chi connectivity index (χ0v) is 11.4. The first-order valence-corrected chi connectivity index (χ1v) is 6.31. The van der Waals surface area contributed by atoms with E-state index in [-0.39, 0.29) is 6.04 Å². The lowest BCUT2D eigenvalue weighted by molar-refractivity contribution is 0.636. The smallest absolute Gasteiger partial charge is 0.158 e. The fourth-order valence-electron chi connectivity index (χ4n) is 1.86. The standard InChI is InChI=1S/C14H20N4/c1-10(2)13-7-9-18(17-13)14-12(11(3)15-4)6-5-8-16-14/h5-11,15H,1-4H3. The maximum atomic E-state index is 4.58. The van der Waals surface area contributed by atoms with Gasteiger partial charge in [-0.25, -0.2) is 9.67 Å². The second-order valence-electron chi connectivity index (χ2n) is 4.77. The summed E-state index contributed by atoms with van der Waals surface area (Å²) in [5.74, 6) is 1.33. The normalized spacial score (nSPS) is 12.9. The summed E-state index contributed by atoms with van der Waals surface area (Å²) in [6.45, 7) is 6.40. The summed E-state index contributed by atoms with van der Waals surface area (Å²) in [6, 6.07) is 6.34. The number of hydrogen-bond donors (Lipinski definition) is 1. The molecule has 0 amide bonds. The molecule has 0 aromatic carbocycles. The first-order valence-electron chi connectivity index (χ1n) is 6.31. The van der Waals surface area contributed by atoms with Crippen molar-refractivity contribution in [2.45, 2.75) is 32.7 Å². The van der Waals surface area contributed by atoms with Crippen LogP contribution in [0.15, 0.2) is 30.6 Å². The molecule has 0 saturated carbocycles. The van der Waals surface area contributed by atoms with Gasteiger partial charge in [-0.1, -0.05) is 19.9 Å². The average Bonchev–Trinajstić information content (AvgIpc) is 2.87. The third-order valence-electron chi connectivity index (χ3n) is 3.13. The van der Waals surface area contributed by atoms with Gasteiger partial charge in [0.1, 0.15) is 0 Å². The van der Waals surface area contributed by atoms with Gasteiger partial charge in [0, 0.05) is 24.0 Å². The molecular weight excluding hydrogens is 224 g/mol. The number of aromatic nitrogens is 3. The van der Waals surface area contributed by atoms with Crippen LogP contribution in [0.4, 0.5) is 0 Å². The summed E-state index contributed by atoms with van der Waals surface area (Å²) in [5.41, 5.74) is 2.24. The molecule has 0 aliphatic rings. The van der Waals surface area contributed by atoms with Gasteiger partial charge in [0.05, 0.1) is 5.69 Å². The Hall–Kier alpha value is -1.68. The van der Waals surface area contributed by atoms with Crippen LogP contribution in [0.5, 0.6) is 0 Å². The van der Waals surface area contributed by atoms with Crippen LogP contribution in [0, 0.1) is 0 Å². The lowest BCUT2D eigenvalue weighted by Crippen LogP contribution is -2.16. The van der Waals surface area contributed by atoms with Crippen LogP contribution in [0.3, 0.4) is 0 Å². The quantitative estimate of drug-likeness (QED) is 0.899. The highest BCUT2D eigenvalue weighted by Gasteiger charge is 2.13. The molecule has 2 aromatic heterocycles. The molecule has 18 heavy (non-hydrogen) atoms. The van der Waals surface area contributed by atoms with Crippen molar-refractivity contribution in [2.24, 2.45) is 0 Å². The highest BCUT2D eigenvalue weighted by Crippen LogP contribution is 2.20. The van der Waals surface area contributed by atoms with E-state index >= 15 is 0 Å². The Morgan fingerprint density at radius 2 is 2.00 bits per heavy atom. The van der Waals surface area contributed by atoms with E-state index in [9.17, 15) is 0 Å². The van der Waals surface area contributed by atoms with Gasteiger partial charge in [0.2, 0.25) is 0 Å². The molecule has 0 bridgehead atoms. The van der Waals surface area contributed by atoms with Crippen LogP contribution < -0.4 is 5.32 Å². The molecule has 0 aliphatic heterocycles. The molecule has 4 heteroatoms. The number of nitrogens with one attached hydrogen (secondary N) is 1. The Morgan fingerprint density at radius 3 is 2.61 bits per heavy atom. The molecule has 0 spiro atoms. The second kappa shape index (κ2) is 5.31. The van der Waals surface area contributed by atoms with Crippen molar-refractivity contribution in [3.63, 3.8) is 0 Å². The van der Waals surface area contributed by atoms with Crippen molar-refractivity contribution in [3.8, 4) is 5.82 Å². The largest absolute Gasteiger partial charge is 0.313 e. The molecule has 2 rings (SSSR count). The van der Waals surface area contributed by atoms with E-state index in [4.69, 9.17) is 0 Å². The van der Waals surface area contributed by atoms with Crippen molar-refractivity contribution >= 4 is 0 Å². The fourth-order valence-corrected chi connectivity index (χ4v) is 1.86. The van der Waals surface area contributed by atoms with Crippen LogP contribution in [0.25, 0.3) is 5.82 Å². The average molecular weight is 244 g/mol. The lowest BCUT2D eigenvalue weighted by Gasteiger charge is -2.14. The molecule has 0 radical (unpaired) electrons.